The van der Waals surface area contributed by atoms with Crippen molar-refractivity contribution in [3.63, 3.8) is 0 Å². The van der Waals surface area contributed by atoms with Gasteiger partial charge in [-0.15, -0.1) is 0 Å². The van der Waals surface area contributed by atoms with Crippen LogP contribution >= 0.6 is 7.82 Å². The number of esters is 1. The first-order chi connectivity index (χ1) is 22.8. The third-order valence-corrected chi connectivity index (χ3v) is 9.15. The molecule has 9 nitrogen and oxygen atoms in total. The maximum Gasteiger partial charge on any atom is 0.472 e. The van der Waals surface area contributed by atoms with Crippen LogP contribution in [0.3, 0.4) is 0 Å². The SMILES string of the molecule is CCCCCCC/C=C\CCCCCCCCOCC(COP(=O)(O)OCC(O)CO)OC(=O)CCCCCCCCCCCCC. The zero-order chi connectivity index (χ0) is 34.7. The van der Waals surface area contributed by atoms with E-state index in [1.807, 2.05) is 0 Å². The summed E-state index contributed by atoms with van der Waals surface area (Å²) in [6.45, 7) is 3.50. The zero-order valence-electron chi connectivity index (χ0n) is 30.3. The number of hydrogen-bond donors (Lipinski definition) is 3. The largest absolute Gasteiger partial charge is 0.472 e. The topological polar surface area (TPSA) is 132 Å². The van der Waals surface area contributed by atoms with Crippen LogP contribution in [-0.4, -0.2) is 66.3 Å². The van der Waals surface area contributed by atoms with E-state index in [9.17, 15) is 19.4 Å². The lowest BCUT2D eigenvalue weighted by Gasteiger charge is -2.20. The van der Waals surface area contributed by atoms with E-state index in [-0.39, 0.29) is 25.6 Å². The molecule has 0 aliphatic carbocycles. The molecule has 0 aromatic rings. The van der Waals surface area contributed by atoms with Gasteiger partial charge >= 0.3 is 13.8 Å². The minimum Gasteiger partial charge on any atom is -0.457 e. The van der Waals surface area contributed by atoms with Gasteiger partial charge in [0.2, 0.25) is 0 Å². The first kappa shape index (κ1) is 46.2. The van der Waals surface area contributed by atoms with Gasteiger partial charge in [0.25, 0.3) is 0 Å². The number of carbonyl (C=O) groups is 1. The molecule has 0 amide bonds. The number of phosphoric acid groups is 1. The number of unbranched alkanes of at least 4 members (excludes halogenated alkanes) is 21. The van der Waals surface area contributed by atoms with Crippen LogP contribution in [0.25, 0.3) is 0 Å². The van der Waals surface area contributed by atoms with Gasteiger partial charge in [-0.3, -0.25) is 13.8 Å². The summed E-state index contributed by atoms with van der Waals surface area (Å²) in [6.07, 6.45) is 31.6. The lowest BCUT2D eigenvalue weighted by molar-refractivity contribution is -0.154. The van der Waals surface area contributed by atoms with Gasteiger partial charge in [-0.25, -0.2) is 4.57 Å². The normalized spacial score (nSPS) is 14.4. The van der Waals surface area contributed by atoms with Crippen molar-refractivity contribution in [1.29, 1.82) is 0 Å². The van der Waals surface area contributed by atoms with Crippen LogP contribution in [0.5, 0.6) is 0 Å². The Morgan fingerprint density at radius 1 is 0.638 bits per heavy atom. The molecule has 0 aromatic heterocycles. The van der Waals surface area contributed by atoms with Gasteiger partial charge in [0.15, 0.2) is 0 Å². The second-order valence-corrected chi connectivity index (χ2v) is 14.4. The summed E-state index contributed by atoms with van der Waals surface area (Å²) in [4.78, 5) is 22.4. The van der Waals surface area contributed by atoms with Crippen molar-refractivity contribution in [1.82, 2.24) is 0 Å². The molecule has 0 heterocycles. The summed E-state index contributed by atoms with van der Waals surface area (Å²) in [6, 6.07) is 0. The standard InChI is InChI=1S/C37H73O9P/c1-3-5-7-9-11-13-15-16-17-18-20-22-24-26-28-30-43-33-36(34-45-47(41,42)44-32-35(39)31-38)46-37(40)29-27-25-23-21-19-14-12-10-8-6-4-2/h15-16,35-36,38-39H,3-14,17-34H2,1-2H3,(H,41,42)/b16-15-. The fourth-order valence-corrected chi connectivity index (χ4v) is 6.02. The molecule has 47 heavy (non-hydrogen) atoms. The van der Waals surface area contributed by atoms with Crippen LogP contribution in [0.1, 0.15) is 174 Å². The number of aliphatic hydroxyl groups excluding tert-OH is 2. The van der Waals surface area contributed by atoms with E-state index in [2.05, 4.69) is 26.0 Å². The quantitative estimate of drug-likeness (QED) is 0.0252. The van der Waals surface area contributed by atoms with Crippen molar-refractivity contribution in [2.24, 2.45) is 0 Å². The average Bonchev–Trinajstić information content (AvgIpc) is 3.06. The highest BCUT2D eigenvalue weighted by Crippen LogP contribution is 2.43. The Morgan fingerprint density at radius 3 is 1.60 bits per heavy atom. The predicted octanol–water partition coefficient (Wildman–Crippen LogP) is 9.75. The number of allylic oxidation sites excluding steroid dienone is 2. The zero-order valence-corrected chi connectivity index (χ0v) is 31.2. The van der Waals surface area contributed by atoms with Crippen LogP contribution in [-0.2, 0) is 27.9 Å². The van der Waals surface area contributed by atoms with Crippen LogP contribution < -0.4 is 0 Å². The smallest absolute Gasteiger partial charge is 0.457 e. The second-order valence-electron chi connectivity index (χ2n) is 13.0. The number of hydrogen-bond acceptors (Lipinski definition) is 8. The molecule has 0 aromatic carbocycles. The molecule has 10 heteroatoms. The van der Waals surface area contributed by atoms with Crippen molar-refractivity contribution in [2.75, 3.05) is 33.0 Å². The van der Waals surface area contributed by atoms with Crippen LogP contribution in [0, 0.1) is 0 Å². The van der Waals surface area contributed by atoms with Crippen molar-refractivity contribution in [2.45, 2.75) is 187 Å². The molecule has 0 saturated heterocycles. The lowest BCUT2D eigenvalue weighted by Crippen LogP contribution is -2.29. The summed E-state index contributed by atoms with van der Waals surface area (Å²) in [7, 11) is -4.50. The van der Waals surface area contributed by atoms with Gasteiger partial charge in [0.05, 0.1) is 26.4 Å². The molecule has 3 N–H and O–H groups in total. The summed E-state index contributed by atoms with van der Waals surface area (Å²) >= 11 is 0. The van der Waals surface area contributed by atoms with Crippen LogP contribution in [0.15, 0.2) is 12.2 Å². The fraction of sp³-hybridized carbons (Fsp3) is 0.919. The Hall–Kier alpha value is -0.800. The summed E-state index contributed by atoms with van der Waals surface area (Å²) in [5.74, 6) is -0.385. The average molecular weight is 693 g/mol. The molecule has 280 valence electrons. The lowest BCUT2D eigenvalue weighted by atomic mass is 10.1. The van der Waals surface area contributed by atoms with Crippen molar-refractivity contribution >= 4 is 13.8 Å². The Kier molecular flexibility index (Phi) is 34.4. The van der Waals surface area contributed by atoms with E-state index in [1.54, 1.807) is 0 Å². The fourth-order valence-electron chi connectivity index (χ4n) is 5.23. The first-order valence-electron chi connectivity index (χ1n) is 19.2. The number of aliphatic hydroxyl groups is 2. The maximum atomic E-state index is 12.5. The minimum atomic E-state index is -4.50. The molecule has 0 bridgehead atoms. The highest BCUT2D eigenvalue weighted by molar-refractivity contribution is 7.47. The maximum absolute atomic E-state index is 12.5. The molecule has 0 fully saturated rings. The Balaban J connectivity index is 4.21. The molecule has 3 atom stereocenters. The molecule has 0 saturated carbocycles. The monoisotopic (exact) mass is 692 g/mol. The number of carbonyl (C=O) groups excluding carboxylic acids is 1. The molecule has 0 spiro atoms. The molecule has 0 rings (SSSR count). The number of rotatable bonds is 37. The molecule has 0 aliphatic rings. The molecule has 0 aliphatic heterocycles. The Labute approximate surface area is 288 Å². The van der Waals surface area contributed by atoms with Crippen molar-refractivity contribution in [3.8, 4) is 0 Å². The summed E-state index contributed by atoms with van der Waals surface area (Å²) < 4.78 is 33.2. The van der Waals surface area contributed by atoms with E-state index in [0.29, 0.717) is 6.61 Å². The van der Waals surface area contributed by atoms with Crippen LogP contribution in [0.2, 0.25) is 0 Å². The van der Waals surface area contributed by atoms with Gasteiger partial charge in [-0.1, -0.05) is 142 Å². The number of phosphoric ester groups is 1. The molecule has 0 radical (unpaired) electrons. The van der Waals surface area contributed by atoms with E-state index in [4.69, 9.17) is 23.6 Å². The highest BCUT2D eigenvalue weighted by atomic mass is 31.2. The molecule has 3 unspecified atom stereocenters. The van der Waals surface area contributed by atoms with Gasteiger partial charge in [-0.2, -0.15) is 0 Å². The van der Waals surface area contributed by atoms with Crippen LogP contribution in [0.4, 0.5) is 0 Å². The highest BCUT2D eigenvalue weighted by Gasteiger charge is 2.26. The second kappa shape index (κ2) is 35.0. The third kappa shape index (κ3) is 34.8. The van der Waals surface area contributed by atoms with Gasteiger partial charge in [0.1, 0.15) is 12.2 Å². The van der Waals surface area contributed by atoms with Gasteiger partial charge in [0, 0.05) is 13.0 Å². The summed E-state index contributed by atoms with van der Waals surface area (Å²) in [5.41, 5.74) is 0. The van der Waals surface area contributed by atoms with Gasteiger partial charge in [-0.05, 0) is 38.5 Å². The van der Waals surface area contributed by atoms with Gasteiger partial charge < -0.3 is 24.6 Å². The van der Waals surface area contributed by atoms with E-state index >= 15 is 0 Å². The molecular weight excluding hydrogens is 619 g/mol. The minimum absolute atomic E-state index is 0.0498. The van der Waals surface area contributed by atoms with Crippen molar-refractivity contribution in [3.05, 3.63) is 12.2 Å². The predicted molar refractivity (Wildman–Crippen MR) is 191 cm³/mol. The summed E-state index contributed by atoms with van der Waals surface area (Å²) in [5, 5.41) is 18.3. The Bertz CT molecular complexity index is 749. The third-order valence-electron chi connectivity index (χ3n) is 8.20. The Morgan fingerprint density at radius 2 is 1.09 bits per heavy atom. The van der Waals surface area contributed by atoms with E-state index in [0.717, 1.165) is 44.9 Å². The van der Waals surface area contributed by atoms with E-state index < -0.39 is 33.2 Å². The van der Waals surface area contributed by atoms with E-state index in [1.165, 1.54) is 109 Å². The van der Waals surface area contributed by atoms with Crippen molar-refractivity contribution < 1.29 is 43.0 Å². The first-order valence-corrected chi connectivity index (χ1v) is 20.7. The molecular formula is C37H73O9P. The number of ether oxygens (including phenoxy) is 2.